The molecule has 2 aliphatic rings. The molecule has 16 heavy (non-hydrogen) atoms. The van der Waals surface area contributed by atoms with E-state index in [4.69, 9.17) is 0 Å². The van der Waals surface area contributed by atoms with Gasteiger partial charge >= 0.3 is 0 Å². The minimum atomic E-state index is -0.256. The lowest BCUT2D eigenvalue weighted by Gasteiger charge is -2.30. The first kappa shape index (κ1) is 11.7. The molecule has 5 nitrogen and oxygen atoms in total. The molecule has 0 aromatic rings. The van der Waals surface area contributed by atoms with E-state index in [0.29, 0.717) is 12.6 Å². The van der Waals surface area contributed by atoms with Crippen molar-refractivity contribution >= 4 is 23.6 Å². The molecule has 2 N–H and O–H groups in total. The van der Waals surface area contributed by atoms with Crippen LogP contribution in [0.3, 0.4) is 0 Å². The molecule has 0 aromatic carbocycles. The molecule has 2 aliphatic heterocycles. The number of carbonyl (C=O) groups excluding carboxylic acids is 2. The molecular formula is C10H17N3O2S. The first-order valence-corrected chi connectivity index (χ1v) is 6.68. The van der Waals surface area contributed by atoms with E-state index >= 15 is 0 Å². The van der Waals surface area contributed by atoms with Gasteiger partial charge in [-0.25, -0.2) is 0 Å². The minimum Gasteiger partial charge on any atom is -0.353 e. The van der Waals surface area contributed by atoms with Crippen molar-refractivity contribution in [3.63, 3.8) is 0 Å². The van der Waals surface area contributed by atoms with E-state index in [1.54, 1.807) is 0 Å². The Bertz CT molecular complexity index is 282. The van der Waals surface area contributed by atoms with Gasteiger partial charge in [0.15, 0.2) is 0 Å². The van der Waals surface area contributed by atoms with Crippen LogP contribution in [-0.2, 0) is 9.59 Å². The number of rotatable bonds is 2. The van der Waals surface area contributed by atoms with Crippen LogP contribution in [0.4, 0.5) is 0 Å². The monoisotopic (exact) mass is 243 g/mol. The number of thioether (sulfide) groups is 1. The maximum Gasteiger partial charge on any atom is 0.241 e. The zero-order valence-corrected chi connectivity index (χ0v) is 10.2. The summed E-state index contributed by atoms with van der Waals surface area (Å²) in [6.07, 6.45) is 1.08. The second-order valence-electron chi connectivity index (χ2n) is 4.20. The van der Waals surface area contributed by atoms with E-state index in [2.05, 4.69) is 10.6 Å². The molecule has 2 rings (SSSR count). The summed E-state index contributed by atoms with van der Waals surface area (Å²) in [5.74, 6) is 2.22. The lowest BCUT2D eigenvalue weighted by Crippen LogP contribution is -2.59. The van der Waals surface area contributed by atoms with Crippen molar-refractivity contribution in [1.82, 2.24) is 15.5 Å². The standard InChI is InChI=1S/C10H17N3O2S/c1-13(7-2-3-16-6-7)10(15)8-4-12-9(14)5-11-8/h7-8,11H,2-6H2,1H3,(H,12,14). The molecule has 0 aromatic heterocycles. The fraction of sp³-hybridized carbons (Fsp3) is 0.800. The van der Waals surface area contributed by atoms with Gasteiger partial charge in [0, 0.05) is 25.4 Å². The van der Waals surface area contributed by atoms with E-state index in [9.17, 15) is 9.59 Å². The Morgan fingerprint density at radius 1 is 1.56 bits per heavy atom. The summed E-state index contributed by atoms with van der Waals surface area (Å²) in [6.45, 7) is 0.644. The molecule has 90 valence electrons. The van der Waals surface area contributed by atoms with E-state index in [-0.39, 0.29) is 24.4 Å². The number of nitrogens with zero attached hydrogens (tertiary/aromatic N) is 1. The van der Waals surface area contributed by atoms with E-state index in [0.717, 1.165) is 17.9 Å². The normalized spacial score (nSPS) is 29.9. The van der Waals surface area contributed by atoms with Crippen molar-refractivity contribution in [3.05, 3.63) is 0 Å². The molecule has 0 aliphatic carbocycles. The number of hydrogen-bond donors (Lipinski definition) is 2. The molecular weight excluding hydrogens is 226 g/mol. The second-order valence-corrected chi connectivity index (χ2v) is 5.35. The van der Waals surface area contributed by atoms with Crippen LogP contribution in [0.2, 0.25) is 0 Å². The predicted molar refractivity (Wildman–Crippen MR) is 63.3 cm³/mol. The summed E-state index contributed by atoms with van der Waals surface area (Å²) in [5, 5.41) is 5.67. The average Bonchev–Trinajstić information content (AvgIpc) is 2.81. The Hall–Kier alpha value is -0.750. The highest BCUT2D eigenvalue weighted by atomic mass is 32.2. The topological polar surface area (TPSA) is 61.4 Å². The van der Waals surface area contributed by atoms with Crippen molar-refractivity contribution in [2.45, 2.75) is 18.5 Å². The molecule has 2 atom stereocenters. The largest absolute Gasteiger partial charge is 0.353 e. The van der Waals surface area contributed by atoms with Crippen LogP contribution < -0.4 is 10.6 Å². The zero-order valence-electron chi connectivity index (χ0n) is 9.36. The zero-order chi connectivity index (χ0) is 11.5. The van der Waals surface area contributed by atoms with Crippen molar-refractivity contribution in [3.8, 4) is 0 Å². The van der Waals surface area contributed by atoms with Crippen LogP contribution in [0, 0.1) is 0 Å². The lowest BCUT2D eigenvalue weighted by atomic mass is 10.1. The molecule has 2 unspecified atom stereocenters. The summed E-state index contributed by atoms with van der Waals surface area (Å²) in [7, 11) is 1.86. The van der Waals surface area contributed by atoms with E-state index in [1.807, 2.05) is 23.7 Å². The third-order valence-electron chi connectivity index (χ3n) is 3.11. The fourth-order valence-corrected chi connectivity index (χ4v) is 3.26. The van der Waals surface area contributed by atoms with Crippen LogP contribution in [0.25, 0.3) is 0 Å². The Morgan fingerprint density at radius 2 is 2.38 bits per heavy atom. The highest BCUT2D eigenvalue weighted by molar-refractivity contribution is 7.99. The molecule has 0 spiro atoms. The molecule has 2 heterocycles. The van der Waals surface area contributed by atoms with Crippen molar-refractivity contribution < 1.29 is 9.59 Å². The Balaban J connectivity index is 1.88. The van der Waals surface area contributed by atoms with Gasteiger partial charge in [0.1, 0.15) is 6.04 Å². The summed E-state index contributed by atoms with van der Waals surface area (Å²) >= 11 is 1.89. The number of likely N-dealkylation sites (N-methyl/N-ethyl adjacent to an activating group) is 1. The Morgan fingerprint density at radius 3 is 2.94 bits per heavy atom. The number of amides is 2. The van der Waals surface area contributed by atoms with Gasteiger partial charge in [-0.15, -0.1) is 0 Å². The number of hydrogen-bond acceptors (Lipinski definition) is 4. The highest BCUT2D eigenvalue weighted by Gasteiger charge is 2.30. The summed E-state index contributed by atoms with van der Waals surface area (Å²) in [4.78, 5) is 24.9. The quantitative estimate of drug-likeness (QED) is 0.656. The summed E-state index contributed by atoms with van der Waals surface area (Å²) < 4.78 is 0. The summed E-state index contributed by atoms with van der Waals surface area (Å²) in [5.41, 5.74) is 0. The fourth-order valence-electron chi connectivity index (χ4n) is 1.99. The number of piperazine rings is 1. The van der Waals surface area contributed by atoms with Gasteiger partial charge in [0.2, 0.25) is 11.8 Å². The maximum atomic E-state index is 12.1. The highest BCUT2D eigenvalue weighted by Crippen LogP contribution is 2.21. The average molecular weight is 243 g/mol. The van der Waals surface area contributed by atoms with Gasteiger partial charge in [-0.3, -0.25) is 14.9 Å². The first-order valence-electron chi connectivity index (χ1n) is 5.53. The predicted octanol–water partition coefficient (Wildman–Crippen LogP) is -0.962. The minimum absolute atomic E-state index is 0.0388. The van der Waals surface area contributed by atoms with Crippen molar-refractivity contribution in [2.24, 2.45) is 0 Å². The van der Waals surface area contributed by atoms with Crippen LogP contribution in [0.5, 0.6) is 0 Å². The summed E-state index contributed by atoms with van der Waals surface area (Å²) in [6, 6.07) is 0.102. The van der Waals surface area contributed by atoms with Crippen molar-refractivity contribution in [2.75, 3.05) is 31.6 Å². The third kappa shape index (κ3) is 2.49. The molecule has 0 saturated carbocycles. The smallest absolute Gasteiger partial charge is 0.241 e. The van der Waals surface area contributed by atoms with Crippen LogP contribution in [0.15, 0.2) is 0 Å². The Labute approximate surface area is 99.3 Å². The van der Waals surface area contributed by atoms with E-state index in [1.165, 1.54) is 0 Å². The van der Waals surface area contributed by atoms with Crippen LogP contribution in [-0.4, -0.2) is 60.4 Å². The molecule has 2 amide bonds. The first-order chi connectivity index (χ1) is 7.68. The number of nitrogens with one attached hydrogen (secondary N) is 2. The van der Waals surface area contributed by atoms with E-state index < -0.39 is 0 Å². The third-order valence-corrected chi connectivity index (χ3v) is 4.26. The van der Waals surface area contributed by atoms with Crippen LogP contribution in [0.1, 0.15) is 6.42 Å². The number of carbonyl (C=O) groups is 2. The van der Waals surface area contributed by atoms with Gasteiger partial charge in [-0.1, -0.05) is 0 Å². The second kappa shape index (κ2) is 5.05. The molecule has 2 saturated heterocycles. The SMILES string of the molecule is CN(C(=O)C1CNC(=O)CN1)C1CCSC1. The molecule has 6 heteroatoms. The lowest BCUT2D eigenvalue weighted by molar-refractivity contribution is -0.135. The van der Waals surface area contributed by atoms with Gasteiger partial charge in [-0.05, 0) is 12.2 Å². The molecule has 0 radical (unpaired) electrons. The van der Waals surface area contributed by atoms with Gasteiger partial charge in [-0.2, -0.15) is 11.8 Å². The molecule has 2 fully saturated rings. The maximum absolute atomic E-state index is 12.1. The molecule has 0 bridgehead atoms. The van der Waals surface area contributed by atoms with Crippen molar-refractivity contribution in [1.29, 1.82) is 0 Å². The Kier molecular flexibility index (Phi) is 3.70. The van der Waals surface area contributed by atoms with Crippen LogP contribution >= 0.6 is 11.8 Å². The van der Waals surface area contributed by atoms with Gasteiger partial charge < -0.3 is 10.2 Å². The van der Waals surface area contributed by atoms with Gasteiger partial charge in [0.25, 0.3) is 0 Å². The van der Waals surface area contributed by atoms with Gasteiger partial charge in [0.05, 0.1) is 6.54 Å².